The summed E-state index contributed by atoms with van der Waals surface area (Å²) in [7, 11) is 0. The minimum absolute atomic E-state index is 0.0524. The number of anilines is 1. The van der Waals surface area contributed by atoms with Crippen LogP contribution in [0.2, 0.25) is 5.02 Å². The standard InChI is InChI=1S/C20H19ClN4OS/c1-14(26)22-11-12-23-18-13-19(27-17-9-7-16(21)8-10-17)25-20(24-18)15-5-3-2-4-6-15/h2-10,13H,11-12H2,1H3,(H,22,26)(H,23,24,25). The normalized spacial score (nSPS) is 10.4. The monoisotopic (exact) mass is 398 g/mol. The number of aromatic nitrogens is 2. The van der Waals surface area contributed by atoms with E-state index in [4.69, 9.17) is 11.6 Å². The average molecular weight is 399 g/mol. The fourth-order valence-electron chi connectivity index (χ4n) is 2.34. The van der Waals surface area contributed by atoms with Crippen LogP contribution in [0, 0.1) is 0 Å². The van der Waals surface area contributed by atoms with E-state index in [0.717, 1.165) is 15.5 Å². The summed E-state index contributed by atoms with van der Waals surface area (Å²) >= 11 is 7.51. The number of rotatable bonds is 7. The summed E-state index contributed by atoms with van der Waals surface area (Å²) in [5.74, 6) is 1.31. The lowest BCUT2D eigenvalue weighted by Crippen LogP contribution is -2.26. The van der Waals surface area contributed by atoms with Gasteiger partial charge >= 0.3 is 0 Å². The lowest BCUT2D eigenvalue weighted by Gasteiger charge is -2.10. The second-order valence-electron chi connectivity index (χ2n) is 5.75. The maximum Gasteiger partial charge on any atom is 0.216 e. The Morgan fingerprint density at radius 1 is 1.04 bits per heavy atom. The molecule has 7 heteroatoms. The molecule has 1 heterocycles. The molecule has 0 unspecified atom stereocenters. The molecule has 27 heavy (non-hydrogen) atoms. The fraction of sp³-hybridized carbons (Fsp3) is 0.150. The third kappa shape index (κ3) is 5.98. The van der Waals surface area contributed by atoms with Crippen molar-refractivity contribution in [3.05, 3.63) is 65.7 Å². The van der Waals surface area contributed by atoms with Crippen molar-refractivity contribution in [2.24, 2.45) is 0 Å². The van der Waals surface area contributed by atoms with Crippen LogP contribution in [0.5, 0.6) is 0 Å². The lowest BCUT2D eigenvalue weighted by atomic mass is 10.2. The molecule has 0 spiro atoms. The number of nitrogens with one attached hydrogen (secondary N) is 2. The van der Waals surface area contributed by atoms with Crippen molar-refractivity contribution in [2.75, 3.05) is 18.4 Å². The first-order valence-electron chi connectivity index (χ1n) is 8.46. The van der Waals surface area contributed by atoms with Crippen molar-refractivity contribution < 1.29 is 4.79 Å². The highest BCUT2D eigenvalue weighted by Crippen LogP contribution is 2.30. The van der Waals surface area contributed by atoms with Crippen molar-refractivity contribution in [3.63, 3.8) is 0 Å². The van der Waals surface area contributed by atoms with Crippen molar-refractivity contribution in [1.82, 2.24) is 15.3 Å². The summed E-state index contributed by atoms with van der Waals surface area (Å²) in [6.07, 6.45) is 0. The van der Waals surface area contributed by atoms with E-state index in [-0.39, 0.29) is 5.91 Å². The number of hydrogen-bond acceptors (Lipinski definition) is 5. The minimum atomic E-state index is -0.0524. The molecule has 0 saturated heterocycles. The minimum Gasteiger partial charge on any atom is -0.368 e. The third-order valence-electron chi connectivity index (χ3n) is 3.58. The van der Waals surface area contributed by atoms with Gasteiger partial charge in [0.05, 0.1) is 0 Å². The van der Waals surface area contributed by atoms with Crippen LogP contribution in [0.1, 0.15) is 6.92 Å². The van der Waals surface area contributed by atoms with Gasteiger partial charge in [-0.05, 0) is 24.3 Å². The highest BCUT2D eigenvalue weighted by molar-refractivity contribution is 7.99. The van der Waals surface area contributed by atoms with Crippen LogP contribution in [0.25, 0.3) is 11.4 Å². The molecule has 0 aliphatic rings. The third-order valence-corrected chi connectivity index (χ3v) is 4.75. The molecule has 2 aromatic carbocycles. The van der Waals surface area contributed by atoms with Gasteiger partial charge in [-0.2, -0.15) is 0 Å². The maximum atomic E-state index is 11.0. The summed E-state index contributed by atoms with van der Waals surface area (Å²) < 4.78 is 0. The van der Waals surface area contributed by atoms with Crippen LogP contribution < -0.4 is 10.6 Å². The second kappa shape index (κ2) is 9.39. The lowest BCUT2D eigenvalue weighted by molar-refractivity contribution is -0.118. The number of nitrogens with zero attached hydrogens (tertiary/aromatic N) is 2. The predicted molar refractivity (Wildman–Crippen MR) is 110 cm³/mol. The number of amides is 1. The highest BCUT2D eigenvalue weighted by atomic mass is 35.5. The maximum absolute atomic E-state index is 11.0. The van der Waals surface area contributed by atoms with Crippen LogP contribution in [-0.4, -0.2) is 29.0 Å². The average Bonchev–Trinajstić information content (AvgIpc) is 2.67. The summed E-state index contributed by atoms with van der Waals surface area (Å²) in [6, 6.07) is 19.4. The second-order valence-corrected chi connectivity index (χ2v) is 7.28. The zero-order valence-electron chi connectivity index (χ0n) is 14.8. The Bertz CT molecular complexity index is 904. The van der Waals surface area contributed by atoms with E-state index in [1.54, 1.807) is 11.8 Å². The van der Waals surface area contributed by atoms with Gasteiger partial charge in [-0.1, -0.05) is 53.7 Å². The van der Waals surface area contributed by atoms with Gasteiger partial charge in [0.1, 0.15) is 10.8 Å². The summed E-state index contributed by atoms with van der Waals surface area (Å²) in [6.45, 7) is 2.61. The number of hydrogen-bond donors (Lipinski definition) is 2. The molecule has 5 nitrogen and oxygen atoms in total. The van der Waals surface area contributed by atoms with E-state index in [0.29, 0.717) is 29.8 Å². The Kier molecular flexibility index (Phi) is 6.68. The summed E-state index contributed by atoms with van der Waals surface area (Å²) in [4.78, 5) is 21.3. The fourth-order valence-corrected chi connectivity index (χ4v) is 3.28. The van der Waals surface area contributed by atoms with Crippen LogP contribution in [-0.2, 0) is 4.79 Å². The van der Waals surface area contributed by atoms with E-state index in [1.807, 2.05) is 60.7 Å². The first kappa shape index (κ1) is 19.2. The quantitative estimate of drug-likeness (QED) is 0.453. The molecule has 138 valence electrons. The molecule has 0 saturated carbocycles. The van der Waals surface area contributed by atoms with Gasteiger partial charge in [0.15, 0.2) is 5.82 Å². The smallest absolute Gasteiger partial charge is 0.216 e. The summed E-state index contributed by atoms with van der Waals surface area (Å²) in [5.41, 5.74) is 0.945. The van der Waals surface area contributed by atoms with Gasteiger partial charge in [-0.25, -0.2) is 9.97 Å². The van der Waals surface area contributed by atoms with Crippen molar-refractivity contribution in [3.8, 4) is 11.4 Å². The molecular formula is C20H19ClN4OS. The van der Waals surface area contributed by atoms with Gasteiger partial charge < -0.3 is 10.6 Å². The molecule has 3 rings (SSSR count). The number of halogens is 1. The van der Waals surface area contributed by atoms with E-state index in [1.165, 1.54) is 6.92 Å². The molecule has 0 aliphatic heterocycles. The Morgan fingerprint density at radius 2 is 1.78 bits per heavy atom. The van der Waals surface area contributed by atoms with E-state index in [2.05, 4.69) is 20.6 Å². The first-order chi connectivity index (χ1) is 13.1. The van der Waals surface area contributed by atoms with Gasteiger partial charge in [0.2, 0.25) is 5.91 Å². The summed E-state index contributed by atoms with van der Waals surface area (Å²) in [5, 5.41) is 7.53. The van der Waals surface area contributed by atoms with E-state index >= 15 is 0 Å². The first-order valence-corrected chi connectivity index (χ1v) is 9.66. The molecule has 0 bridgehead atoms. The Balaban J connectivity index is 1.83. The largest absolute Gasteiger partial charge is 0.368 e. The number of carbonyl (C=O) groups is 1. The Hall–Kier alpha value is -2.57. The van der Waals surface area contributed by atoms with E-state index in [9.17, 15) is 4.79 Å². The number of carbonyl (C=O) groups excluding carboxylic acids is 1. The van der Waals surface area contributed by atoms with Crippen LogP contribution in [0.3, 0.4) is 0 Å². The molecule has 0 fully saturated rings. The predicted octanol–water partition coefficient (Wildman–Crippen LogP) is 4.50. The Labute approximate surface area is 167 Å². The molecule has 1 amide bonds. The van der Waals surface area contributed by atoms with E-state index < -0.39 is 0 Å². The van der Waals surface area contributed by atoms with Crippen LogP contribution >= 0.6 is 23.4 Å². The zero-order valence-corrected chi connectivity index (χ0v) is 16.3. The number of benzene rings is 2. The van der Waals surface area contributed by atoms with Gasteiger partial charge in [0.25, 0.3) is 0 Å². The molecule has 3 aromatic rings. The SMILES string of the molecule is CC(=O)NCCNc1cc(Sc2ccc(Cl)cc2)nc(-c2ccccc2)n1. The van der Waals surface area contributed by atoms with Crippen LogP contribution in [0.15, 0.2) is 70.6 Å². The molecule has 0 aliphatic carbocycles. The van der Waals surface area contributed by atoms with Crippen molar-refractivity contribution >= 4 is 35.1 Å². The zero-order chi connectivity index (χ0) is 19.1. The Morgan fingerprint density at radius 3 is 2.48 bits per heavy atom. The molecular weight excluding hydrogens is 380 g/mol. The molecule has 2 N–H and O–H groups in total. The van der Waals surface area contributed by atoms with Crippen molar-refractivity contribution in [1.29, 1.82) is 0 Å². The topological polar surface area (TPSA) is 66.9 Å². The van der Waals surface area contributed by atoms with Crippen LogP contribution in [0.4, 0.5) is 5.82 Å². The molecule has 0 radical (unpaired) electrons. The molecule has 1 aromatic heterocycles. The van der Waals surface area contributed by atoms with Gasteiger partial charge in [-0.15, -0.1) is 0 Å². The van der Waals surface area contributed by atoms with Gasteiger partial charge in [0, 0.05) is 41.6 Å². The highest BCUT2D eigenvalue weighted by Gasteiger charge is 2.08. The molecule has 0 atom stereocenters. The van der Waals surface area contributed by atoms with Crippen molar-refractivity contribution in [2.45, 2.75) is 16.8 Å². The van der Waals surface area contributed by atoms with Gasteiger partial charge in [-0.3, -0.25) is 4.79 Å².